The molecule has 3 aromatic rings. The number of aryl methyl sites for hydroxylation is 1. The first-order valence-corrected chi connectivity index (χ1v) is 9.96. The van der Waals surface area contributed by atoms with E-state index in [0.29, 0.717) is 19.6 Å². The van der Waals surface area contributed by atoms with E-state index >= 15 is 0 Å². The quantitative estimate of drug-likeness (QED) is 0.406. The third-order valence-electron chi connectivity index (χ3n) is 4.67. The van der Waals surface area contributed by atoms with E-state index < -0.39 is 0 Å². The molecule has 0 aliphatic carbocycles. The molecule has 3 rings (SSSR count). The number of ether oxygens (including phenoxy) is 2. The summed E-state index contributed by atoms with van der Waals surface area (Å²) in [5, 5.41) is 4.17. The zero-order chi connectivity index (χ0) is 20.6. The zero-order valence-corrected chi connectivity index (χ0v) is 17.6. The molecule has 0 aromatic heterocycles. The molecule has 0 unspecified atom stereocenters. The molecule has 3 nitrogen and oxygen atoms in total. The number of halogens is 1. The molecule has 0 aliphatic heterocycles. The molecule has 1 N–H and O–H groups in total. The molecule has 3 aromatic carbocycles. The van der Waals surface area contributed by atoms with Gasteiger partial charge in [-0.05, 0) is 54.3 Å². The fourth-order valence-electron chi connectivity index (χ4n) is 3.08. The Hall–Kier alpha value is -2.91. The van der Waals surface area contributed by atoms with Crippen LogP contribution in [-0.4, -0.2) is 7.11 Å². The Labute approximate surface area is 177 Å². The van der Waals surface area contributed by atoms with Crippen molar-refractivity contribution >= 4 is 17.3 Å². The third-order valence-corrected chi connectivity index (χ3v) is 5.08. The minimum Gasteiger partial charge on any atom is -0.493 e. The Morgan fingerprint density at radius 2 is 1.83 bits per heavy atom. The lowest BCUT2D eigenvalue weighted by atomic mass is 10.0. The van der Waals surface area contributed by atoms with Crippen molar-refractivity contribution in [3.63, 3.8) is 0 Å². The van der Waals surface area contributed by atoms with Gasteiger partial charge in [0.1, 0.15) is 6.61 Å². The summed E-state index contributed by atoms with van der Waals surface area (Å²) < 4.78 is 11.8. The highest BCUT2D eigenvalue weighted by molar-refractivity contribution is 6.31. The fourth-order valence-corrected chi connectivity index (χ4v) is 3.27. The summed E-state index contributed by atoms with van der Waals surface area (Å²) in [4.78, 5) is 0. The van der Waals surface area contributed by atoms with Crippen molar-refractivity contribution in [3.8, 4) is 11.5 Å². The zero-order valence-electron chi connectivity index (χ0n) is 16.9. The standard InChI is InChI=1S/C25H26ClNO2/c1-4-8-21-13-20(16-27-22-12-11-18(2)23(26)15-22)14-24(28-3)25(21)29-17-19-9-6-5-7-10-19/h4-7,9-15,27H,1,8,16-17H2,2-3H3. The van der Waals surface area contributed by atoms with E-state index in [1.807, 2.05) is 67.6 Å². The van der Waals surface area contributed by atoms with Gasteiger partial charge in [0.25, 0.3) is 0 Å². The minimum atomic E-state index is 0.487. The van der Waals surface area contributed by atoms with Crippen LogP contribution in [-0.2, 0) is 19.6 Å². The largest absolute Gasteiger partial charge is 0.493 e. The molecule has 0 atom stereocenters. The molecule has 0 fully saturated rings. The van der Waals surface area contributed by atoms with Gasteiger partial charge in [0.2, 0.25) is 0 Å². The third kappa shape index (κ3) is 5.55. The van der Waals surface area contributed by atoms with Crippen LogP contribution < -0.4 is 14.8 Å². The van der Waals surface area contributed by atoms with Crippen molar-refractivity contribution in [1.29, 1.82) is 0 Å². The number of hydrogen-bond donors (Lipinski definition) is 1. The second-order valence-electron chi connectivity index (χ2n) is 6.87. The highest BCUT2D eigenvalue weighted by atomic mass is 35.5. The van der Waals surface area contributed by atoms with E-state index in [4.69, 9.17) is 21.1 Å². The fraction of sp³-hybridized carbons (Fsp3) is 0.200. The molecule has 0 amide bonds. The van der Waals surface area contributed by atoms with Crippen LogP contribution in [0.3, 0.4) is 0 Å². The maximum Gasteiger partial charge on any atom is 0.165 e. The van der Waals surface area contributed by atoms with Crippen molar-refractivity contribution in [2.75, 3.05) is 12.4 Å². The van der Waals surface area contributed by atoms with E-state index in [1.54, 1.807) is 7.11 Å². The van der Waals surface area contributed by atoms with Crippen molar-refractivity contribution in [3.05, 3.63) is 101 Å². The van der Waals surface area contributed by atoms with Gasteiger partial charge in [-0.3, -0.25) is 0 Å². The maximum atomic E-state index is 6.23. The molecule has 0 saturated carbocycles. The highest BCUT2D eigenvalue weighted by Gasteiger charge is 2.13. The Morgan fingerprint density at radius 1 is 1.03 bits per heavy atom. The van der Waals surface area contributed by atoms with Crippen LogP contribution in [0, 0.1) is 6.92 Å². The number of allylic oxidation sites excluding steroid dienone is 1. The molecule has 0 aliphatic rings. The lowest BCUT2D eigenvalue weighted by Gasteiger charge is -2.17. The molecule has 0 bridgehead atoms. The normalized spacial score (nSPS) is 10.4. The van der Waals surface area contributed by atoms with Crippen LogP contribution in [0.1, 0.15) is 22.3 Å². The Morgan fingerprint density at radius 3 is 2.52 bits per heavy atom. The summed E-state index contributed by atoms with van der Waals surface area (Å²) in [6, 6.07) is 20.2. The molecule has 4 heteroatoms. The number of rotatable bonds is 9. The van der Waals surface area contributed by atoms with E-state index in [-0.39, 0.29) is 0 Å². The lowest BCUT2D eigenvalue weighted by Crippen LogP contribution is -2.05. The summed E-state index contributed by atoms with van der Waals surface area (Å²) in [6.45, 7) is 7.02. The average Bonchev–Trinajstić information content (AvgIpc) is 2.74. The van der Waals surface area contributed by atoms with Crippen LogP contribution in [0.2, 0.25) is 5.02 Å². The van der Waals surface area contributed by atoms with E-state index in [9.17, 15) is 0 Å². The molecule has 0 radical (unpaired) electrons. The van der Waals surface area contributed by atoms with Crippen molar-refractivity contribution in [2.24, 2.45) is 0 Å². The Bertz CT molecular complexity index is 970. The van der Waals surface area contributed by atoms with Gasteiger partial charge in [-0.1, -0.05) is 54.1 Å². The second-order valence-corrected chi connectivity index (χ2v) is 7.28. The molecular formula is C25H26ClNO2. The van der Waals surface area contributed by atoms with Crippen LogP contribution in [0.4, 0.5) is 5.69 Å². The van der Waals surface area contributed by atoms with Gasteiger partial charge in [-0.25, -0.2) is 0 Å². The summed E-state index contributed by atoms with van der Waals surface area (Å²) in [6.07, 6.45) is 2.58. The lowest BCUT2D eigenvalue weighted by molar-refractivity contribution is 0.281. The van der Waals surface area contributed by atoms with Crippen molar-refractivity contribution in [1.82, 2.24) is 0 Å². The first kappa shape index (κ1) is 20.8. The summed E-state index contributed by atoms with van der Waals surface area (Å²) in [5.41, 5.74) is 5.30. The number of nitrogens with one attached hydrogen (secondary N) is 1. The number of benzene rings is 3. The van der Waals surface area contributed by atoms with Crippen LogP contribution in [0.5, 0.6) is 11.5 Å². The van der Waals surface area contributed by atoms with Crippen LogP contribution in [0.15, 0.2) is 73.3 Å². The highest BCUT2D eigenvalue weighted by Crippen LogP contribution is 2.34. The van der Waals surface area contributed by atoms with E-state index in [1.165, 1.54) is 0 Å². The van der Waals surface area contributed by atoms with Gasteiger partial charge in [-0.2, -0.15) is 0 Å². The van der Waals surface area contributed by atoms with Gasteiger partial charge in [0, 0.05) is 22.8 Å². The summed E-state index contributed by atoms with van der Waals surface area (Å²) in [5.74, 6) is 1.48. The van der Waals surface area contributed by atoms with Crippen LogP contribution >= 0.6 is 11.6 Å². The SMILES string of the molecule is C=CCc1cc(CNc2ccc(C)c(Cl)c2)cc(OC)c1OCc1ccccc1. The Balaban J connectivity index is 1.80. The van der Waals surface area contributed by atoms with Crippen LogP contribution in [0.25, 0.3) is 0 Å². The maximum absolute atomic E-state index is 6.23. The second kappa shape index (κ2) is 10.0. The monoisotopic (exact) mass is 407 g/mol. The average molecular weight is 408 g/mol. The van der Waals surface area contributed by atoms with Crippen molar-refractivity contribution < 1.29 is 9.47 Å². The number of anilines is 1. The van der Waals surface area contributed by atoms with Gasteiger partial charge in [0.05, 0.1) is 7.11 Å². The minimum absolute atomic E-state index is 0.487. The van der Waals surface area contributed by atoms with E-state index in [0.717, 1.165) is 44.5 Å². The summed E-state index contributed by atoms with van der Waals surface area (Å²) in [7, 11) is 1.67. The molecule has 0 heterocycles. The summed E-state index contributed by atoms with van der Waals surface area (Å²) >= 11 is 6.23. The van der Waals surface area contributed by atoms with Gasteiger partial charge in [-0.15, -0.1) is 6.58 Å². The predicted molar refractivity (Wildman–Crippen MR) is 121 cm³/mol. The van der Waals surface area contributed by atoms with E-state index in [2.05, 4.69) is 18.0 Å². The van der Waals surface area contributed by atoms with Gasteiger partial charge in [0.15, 0.2) is 11.5 Å². The van der Waals surface area contributed by atoms with Gasteiger partial charge >= 0.3 is 0 Å². The Kier molecular flexibility index (Phi) is 7.20. The molecule has 29 heavy (non-hydrogen) atoms. The predicted octanol–water partition coefficient (Wildman–Crippen LogP) is 6.58. The smallest absolute Gasteiger partial charge is 0.165 e. The topological polar surface area (TPSA) is 30.5 Å². The van der Waals surface area contributed by atoms with Crippen molar-refractivity contribution in [2.45, 2.75) is 26.5 Å². The number of hydrogen-bond acceptors (Lipinski definition) is 3. The number of methoxy groups -OCH3 is 1. The first-order valence-electron chi connectivity index (χ1n) is 9.58. The molecule has 0 saturated heterocycles. The first-order chi connectivity index (χ1) is 14.1. The molecule has 0 spiro atoms. The molecule has 150 valence electrons. The van der Waals surface area contributed by atoms with Gasteiger partial charge < -0.3 is 14.8 Å². The molecular weight excluding hydrogens is 382 g/mol.